The van der Waals surface area contributed by atoms with E-state index in [1.165, 1.54) is 5.56 Å². The lowest BCUT2D eigenvalue weighted by molar-refractivity contribution is -0.147. The molecule has 0 amide bonds. The van der Waals surface area contributed by atoms with Crippen LogP contribution in [0, 0.1) is 23.3 Å². The van der Waals surface area contributed by atoms with Crippen LogP contribution in [0.2, 0.25) is 18.1 Å². The number of aliphatic imine (C=N–C) groups is 1. The summed E-state index contributed by atoms with van der Waals surface area (Å²) in [6.07, 6.45) is 2.80. The van der Waals surface area contributed by atoms with Crippen LogP contribution in [0.1, 0.15) is 66.4 Å². The zero-order chi connectivity index (χ0) is 28.1. The fourth-order valence-electron chi connectivity index (χ4n) is 4.87. The SMILES string of the molecule is COc1ccc(N=C(C#C[Si](C)(C)C(C)(C)C)C(=O)O[C@@H]2C[C@H](C)CC[C@H]2C(C)(C)c2ccccc2)cc1. The smallest absolute Gasteiger partial charge is 0.366 e. The fraction of sp³-hybridized carbons (Fsp3) is 0.515. The van der Waals surface area contributed by atoms with Crippen LogP contribution in [0.5, 0.6) is 5.75 Å². The maximum Gasteiger partial charge on any atom is 0.366 e. The molecular formula is C33H45NO3Si. The van der Waals surface area contributed by atoms with Crippen molar-refractivity contribution in [1.82, 2.24) is 0 Å². The Kier molecular flexibility index (Phi) is 9.31. The number of nitrogens with zero attached hydrogens (tertiary/aromatic N) is 1. The minimum absolute atomic E-state index is 0.0682. The van der Waals surface area contributed by atoms with Crippen molar-refractivity contribution in [2.45, 2.75) is 90.5 Å². The predicted octanol–water partition coefficient (Wildman–Crippen LogP) is 8.14. The Morgan fingerprint density at radius 3 is 2.18 bits per heavy atom. The van der Waals surface area contributed by atoms with Gasteiger partial charge in [-0.25, -0.2) is 9.79 Å². The van der Waals surface area contributed by atoms with Gasteiger partial charge in [0.25, 0.3) is 0 Å². The summed E-state index contributed by atoms with van der Waals surface area (Å²) in [6, 6.07) is 17.9. The highest BCUT2D eigenvalue weighted by Crippen LogP contribution is 2.43. The Labute approximate surface area is 231 Å². The molecule has 0 bridgehead atoms. The van der Waals surface area contributed by atoms with E-state index in [9.17, 15) is 4.79 Å². The number of rotatable bonds is 6. The molecule has 0 N–H and O–H groups in total. The van der Waals surface area contributed by atoms with E-state index in [4.69, 9.17) is 9.47 Å². The summed E-state index contributed by atoms with van der Waals surface area (Å²) < 4.78 is 11.6. The highest BCUT2D eigenvalue weighted by molar-refractivity contribution is 6.87. The maximum atomic E-state index is 13.8. The second-order valence-corrected chi connectivity index (χ2v) is 17.8. The van der Waals surface area contributed by atoms with E-state index in [1.54, 1.807) is 7.11 Å². The number of ether oxygens (including phenoxy) is 2. The number of hydrogen-bond acceptors (Lipinski definition) is 4. The van der Waals surface area contributed by atoms with Crippen LogP contribution in [0.3, 0.4) is 0 Å². The predicted molar refractivity (Wildman–Crippen MR) is 161 cm³/mol. The van der Waals surface area contributed by atoms with Gasteiger partial charge in [0.2, 0.25) is 0 Å². The van der Waals surface area contributed by atoms with E-state index in [1.807, 2.05) is 30.3 Å². The highest BCUT2D eigenvalue weighted by atomic mass is 28.3. The summed E-state index contributed by atoms with van der Waals surface area (Å²) in [5.74, 6) is 4.20. The molecule has 1 aliphatic rings. The van der Waals surface area contributed by atoms with Crippen LogP contribution in [-0.4, -0.2) is 33.0 Å². The Balaban J connectivity index is 1.97. The molecule has 0 saturated heterocycles. The molecule has 0 radical (unpaired) electrons. The molecule has 5 heteroatoms. The second-order valence-electron chi connectivity index (χ2n) is 12.8. The zero-order valence-electron chi connectivity index (χ0n) is 24.7. The topological polar surface area (TPSA) is 47.9 Å². The van der Waals surface area contributed by atoms with E-state index in [0.29, 0.717) is 11.6 Å². The zero-order valence-corrected chi connectivity index (χ0v) is 25.7. The van der Waals surface area contributed by atoms with E-state index in [-0.39, 0.29) is 28.2 Å². The molecule has 1 saturated carbocycles. The van der Waals surface area contributed by atoms with Gasteiger partial charge >= 0.3 is 5.97 Å². The van der Waals surface area contributed by atoms with Crippen molar-refractivity contribution in [3.8, 4) is 17.2 Å². The summed E-state index contributed by atoms with van der Waals surface area (Å²) >= 11 is 0. The van der Waals surface area contributed by atoms with E-state index in [2.05, 4.69) is 95.4 Å². The molecule has 1 fully saturated rings. The van der Waals surface area contributed by atoms with Gasteiger partial charge in [0.1, 0.15) is 19.9 Å². The van der Waals surface area contributed by atoms with Crippen LogP contribution >= 0.6 is 0 Å². The molecule has 3 rings (SSSR count). The quantitative estimate of drug-likeness (QED) is 0.164. The standard InChI is InChI=1S/C33H45NO3Si/c1-24-15-20-28(33(5,6)25-13-11-10-12-14-25)30(23-24)37-31(35)29(21-22-38(8,9)32(2,3)4)34-26-16-18-27(36-7)19-17-26/h10-14,16-19,24,28,30H,15,20,23H2,1-9H3/t24-,28-,30-/m1/s1. The van der Waals surface area contributed by atoms with E-state index < -0.39 is 14.0 Å². The molecule has 3 atom stereocenters. The molecule has 38 heavy (non-hydrogen) atoms. The lowest BCUT2D eigenvalue weighted by atomic mass is 9.64. The summed E-state index contributed by atoms with van der Waals surface area (Å²) in [6.45, 7) is 17.9. The van der Waals surface area contributed by atoms with Crippen molar-refractivity contribution in [1.29, 1.82) is 0 Å². The summed E-state index contributed by atoms with van der Waals surface area (Å²) in [4.78, 5) is 18.4. The van der Waals surface area contributed by atoms with Crippen molar-refractivity contribution in [3.63, 3.8) is 0 Å². The fourth-order valence-corrected chi connectivity index (χ4v) is 5.68. The number of hydrogen-bond donors (Lipinski definition) is 0. The molecule has 2 aromatic carbocycles. The third-order valence-corrected chi connectivity index (χ3v) is 13.1. The van der Waals surface area contributed by atoms with Crippen LogP contribution < -0.4 is 4.74 Å². The minimum atomic E-state index is -1.97. The molecule has 0 heterocycles. The monoisotopic (exact) mass is 531 g/mol. The lowest BCUT2D eigenvalue weighted by Gasteiger charge is -2.43. The van der Waals surface area contributed by atoms with Crippen molar-refractivity contribution in [3.05, 3.63) is 60.2 Å². The van der Waals surface area contributed by atoms with E-state index >= 15 is 0 Å². The van der Waals surface area contributed by atoms with Crippen LogP contribution in [0.4, 0.5) is 5.69 Å². The minimum Gasteiger partial charge on any atom is -0.497 e. The van der Waals surface area contributed by atoms with Crippen molar-refractivity contribution >= 4 is 25.4 Å². The highest BCUT2D eigenvalue weighted by Gasteiger charge is 2.42. The Hall–Kier alpha value is -2.84. The first-order valence-electron chi connectivity index (χ1n) is 13.8. The van der Waals surface area contributed by atoms with Crippen LogP contribution in [0.25, 0.3) is 0 Å². The lowest BCUT2D eigenvalue weighted by Crippen LogP contribution is -2.44. The second kappa shape index (κ2) is 11.9. The Morgan fingerprint density at radius 2 is 1.61 bits per heavy atom. The van der Waals surface area contributed by atoms with Gasteiger partial charge in [-0.15, -0.1) is 5.54 Å². The number of benzene rings is 2. The largest absolute Gasteiger partial charge is 0.497 e. The summed E-state index contributed by atoms with van der Waals surface area (Å²) in [5.41, 5.74) is 5.43. The number of carbonyl (C=O) groups is 1. The molecule has 0 unspecified atom stereocenters. The third kappa shape index (κ3) is 7.17. The van der Waals surface area contributed by atoms with Gasteiger partial charge in [-0.05, 0) is 65.0 Å². The Bertz CT molecular complexity index is 1180. The van der Waals surface area contributed by atoms with Gasteiger partial charge in [0.15, 0.2) is 5.71 Å². The number of methoxy groups -OCH3 is 1. The van der Waals surface area contributed by atoms with E-state index in [0.717, 1.165) is 25.0 Å². The van der Waals surface area contributed by atoms with Gasteiger partial charge < -0.3 is 9.47 Å². The molecule has 4 nitrogen and oxygen atoms in total. The van der Waals surface area contributed by atoms with Crippen LogP contribution in [-0.2, 0) is 14.9 Å². The van der Waals surface area contributed by atoms with Gasteiger partial charge in [0.05, 0.1) is 12.8 Å². The van der Waals surface area contributed by atoms with Crippen LogP contribution in [0.15, 0.2) is 59.6 Å². The Morgan fingerprint density at radius 1 is 0.974 bits per heavy atom. The normalized spacial score (nSPS) is 20.8. The average molecular weight is 532 g/mol. The van der Waals surface area contributed by atoms with Crippen molar-refractivity contribution in [2.24, 2.45) is 16.8 Å². The third-order valence-electron chi connectivity index (χ3n) is 8.63. The van der Waals surface area contributed by atoms with Gasteiger partial charge in [-0.1, -0.05) is 91.4 Å². The molecule has 204 valence electrons. The molecule has 0 aliphatic heterocycles. The first-order valence-corrected chi connectivity index (χ1v) is 16.8. The first-order chi connectivity index (χ1) is 17.7. The maximum absolute atomic E-state index is 13.8. The van der Waals surface area contributed by atoms with Crippen molar-refractivity contribution < 1.29 is 14.3 Å². The van der Waals surface area contributed by atoms with Gasteiger partial charge in [-0.2, -0.15) is 0 Å². The number of carbonyl (C=O) groups excluding carboxylic acids is 1. The van der Waals surface area contributed by atoms with Crippen molar-refractivity contribution in [2.75, 3.05) is 7.11 Å². The molecular weight excluding hydrogens is 486 g/mol. The summed E-state index contributed by atoms with van der Waals surface area (Å²) in [5, 5.41) is 0.0682. The van der Waals surface area contributed by atoms with Gasteiger partial charge in [0, 0.05) is 5.92 Å². The molecule has 2 aromatic rings. The molecule has 1 aliphatic carbocycles. The number of esters is 1. The molecule has 0 aromatic heterocycles. The summed E-state index contributed by atoms with van der Waals surface area (Å²) in [7, 11) is -0.337. The van der Waals surface area contributed by atoms with Gasteiger partial charge in [-0.3, -0.25) is 0 Å². The first kappa shape index (κ1) is 29.7. The molecule has 0 spiro atoms. The average Bonchev–Trinajstić information content (AvgIpc) is 2.86.